The summed E-state index contributed by atoms with van der Waals surface area (Å²) in [6.07, 6.45) is 0. The summed E-state index contributed by atoms with van der Waals surface area (Å²) in [4.78, 5) is 21.1. The molecule has 1 aromatic heterocycles. The van der Waals surface area contributed by atoms with Crippen molar-refractivity contribution in [2.75, 3.05) is 38.2 Å². The van der Waals surface area contributed by atoms with Gasteiger partial charge in [-0.15, -0.1) is 0 Å². The molecule has 3 aromatic rings. The summed E-state index contributed by atoms with van der Waals surface area (Å²) in [7, 11) is 1.64. The summed E-state index contributed by atoms with van der Waals surface area (Å²) < 4.78 is 18.6. The summed E-state index contributed by atoms with van der Waals surface area (Å²) in [5, 5.41) is 0.784. The molecule has 2 aromatic carbocycles. The lowest BCUT2D eigenvalue weighted by molar-refractivity contribution is 0.0747. The van der Waals surface area contributed by atoms with Gasteiger partial charge in [0.1, 0.15) is 16.7 Å². The van der Waals surface area contributed by atoms with Crippen LogP contribution in [0.3, 0.4) is 0 Å². The third kappa shape index (κ3) is 3.60. The van der Waals surface area contributed by atoms with Gasteiger partial charge >= 0.3 is 0 Å². The number of fused-ring (bicyclic) bond motifs is 1. The molecular formula is C21H19ClFN3O2. The Morgan fingerprint density at radius 1 is 1.07 bits per heavy atom. The van der Waals surface area contributed by atoms with E-state index in [1.54, 1.807) is 24.1 Å². The van der Waals surface area contributed by atoms with Crippen molar-refractivity contribution in [2.24, 2.45) is 0 Å². The smallest absolute Gasteiger partial charge is 0.257 e. The molecule has 7 heteroatoms. The Morgan fingerprint density at radius 2 is 1.79 bits per heavy atom. The van der Waals surface area contributed by atoms with E-state index in [4.69, 9.17) is 16.3 Å². The van der Waals surface area contributed by atoms with Crippen LogP contribution in [0, 0.1) is 5.82 Å². The second-order valence-electron chi connectivity index (χ2n) is 6.64. The highest BCUT2D eigenvalue weighted by Gasteiger charge is 2.24. The summed E-state index contributed by atoms with van der Waals surface area (Å²) in [5.74, 6) is 0.277. The van der Waals surface area contributed by atoms with E-state index < -0.39 is 0 Å². The van der Waals surface area contributed by atoms with Crippen molar-refractivity contribution in [3.63, 3.8) is 0 Å². The maximum atomic E-state index is 13.4. The number of halogens is 2. The molecule has 0 bridgehead atoms. The molecule has 1 amide bonds. The first-order valence-corrected chi connectivity index (χ1v) is 9.37. The van der Waals surface area contributed by atoms with Crippen molar-refractivity contribution in [1.82, 2.24) is 9.88 Å². The van der Waals surface area contributed by atoms with Crippen LogP contribution in [0.4, 0.5) is 10.1 Å². The molecule has 28 heavy (non-hydrogen) atoms. The lowest BCUT2D eigenvalue weighted by atomic mass is 10.1. The molecule has 4 rings (SSSR count). The Balaban J connectivity index is 1.48. The highest BCUT2D eigenvalue weighted by molar-refractivity contribution is 6.33. The molecule has 0 aliphatic carbocycles. The summed E-state index contributed by atoms with van der Waals surface area (Å²) >= 11 is 6.22. The van der Waals surface area contributed by atoms with Crippen LogP contribution in [-0.4, -0.2) is 49.1 Å². The Morgan fingerprint density at radius 3 is 2.46 bits per heavy atom. The first-order valence-electron chi connectivity index (χ1n) is 8.99. The number of piperazine rings is 1. The zero-order chi connectivity index (χ0) is 19.7. The van der Waals surface area contributed by atoms with Crippen LogP contribution >= 0.6 is 11.6 Å². The molecule has 0 N–H and O–H groups in total. The lowest BCUT2D eigenvalue weighted by Crippen LogP contribution is -2.48. The van der Waals surface area contributed by atoms with E-state index in [0.29, 0.717) is 29.6 Å². The van der Waals surface area contributed by atoms with Gasteiger partial charge in [-0.05, 0) is 42.5 Å². The summed E-state index contributed by atoms with van der Waals surface area (Å²) in [5.41, 5.74) is 1.88. The van der Waals surface area contributed by atoms with Crippen molar-refractivity contribution in [1.29, 1.82) is 0 Å². The molecule has 0 spiro atoms. The van der Waals surface area contributed by atoms with Crippen LogP contribution in [-0.2, 0) is 0 Å². The minimum absolute atomic E-state index is 0.0979. The number of anilines is 1. The first kappa shape index (κ1) is 18.5. The SMILES string of the molecule is COc1ccc(N2CCN(C(=O)c3cc4ccc(F)cc4nc3Cl)CC2)cc1. The topological polar surface area (TPSA) is 45.7 Å². The van der Waals surface area contributed by atoms with Gasteiger partial charge in [0.2, 0.25) is 0 Å². The van der Waals surface area contributed by atoms with Crippen molar-refractivity contribution in [2.45, 2.75) is 0 Å². The van der Waals surface area contributed by atoms with Crippen LogP contribution in [0.1, 0.15) is 10.4 Å². The molecular weight excluding hydrogens is 381 g/mol. The van der Waals surface area contributed by atoms with E-state index in [9.17, 15) is 9.18 Å². The Labute approximate surface area is 167 Å². The Kier molecular flexibility index (Phi) is 5.05. The van der Waals surface area contributed by atoms with Crippen molar-refractivity contribution in [3.05, 3.63) is 65.1 Å². The van der Waals surface area contributed by atoms with Gasteiger partial charge in [-0.1, -0.05) is 11.6 Å². The van der Waals surface area contributed by atoms with Gasteiger partial charge in [-0.3, -0.25) is 4.79 Å². The first-order chi connectivity index (χ1) is 13.5. The van der Waals surface area contributed by atoms with Crippen LogP contribution < -0.4 is 9.64 Å². The van der Waals surface area contributed by atoms with Gasteiger partial charge in [0, 0.05) is 43.3 Å². The van der Waals surface area contributed by atoms with Gasteiger partial charge in [-0.2, -0.15) is 0 Å². The fourth-order valence-corrected chi connectivity index (χ4v) is 3.62. The van der Waals surface area contributed by atoms with Gasteiger partial charge < -0.3 is 14.5 Å². The molecule has 2 heterocycles. The predicted molar refractivity (Wildman–Crippen MR) is 108 cm³/mol. The number of carbonyl (C=O) groups is 1. The second-order valence-corrected chi connectivity index (χ2v) is 7.00. The minimum atomic E-state index is -0.384. The van der Waals surface area contributed by atoms with E-state index in [1.807, 2.05) is 24.3 Å². The van der Waals surface area contributed by atoms with Gasteiger partial charge in [-0.25, -0.2) is 9.37 Å². The number of benzene rings is 2. The average Bonchev–Trinajstić information content (AvgIpc) is 2.73. The van der Waals surface area contributed by atoms with Gasteiger partial charge in [0.15, 0.2) is 0 Å². The monoisotopic (exact) mass is 399 g/mol. The normalized spacial score (nSPS) is 14.4. The zero-order valence-corrected chi connectivity index (χ0v) is 16.1. The number of hydrogen-bond donors (Lipinski definition) is 0. The summed E-state index contributed by atoms with van der Waals surface area (Å²) in [6.45, 7) is 2.62. The van der Waals surface area contributed by atoms with E-state index in [0.717, 1.165) is 24.5 Å². The number of ether oxygens (including phenoxy) is 1. The van der Waals surface area contributed by atoms with Gasteiger partial charge in [0.05, 0.1) is 18.2 Å². The average molecular weight is 400 g/mol. The largest absolute Gasteiger partial charge is 0.497 e. The molecule has 5 nitrogen and oxygen atoms in total. The van der Waals surface area contributed by atoms with Crippen molar-refractivity contribution in [3.8, 4) is 5.75 Å². The highest BCUT2D eigenvalue weighted by atomic mass is 35.5. The molecule has 1 aliphatic rings. The number of nitrogens with zero attached hydrogens (tertiary/aromatic N) is 3. The van der Waals surface area contributed by atoms with E-state index in [-0.39, 0.29) is 16.9 Å². The standard InChI is InChI=1S/C21H19ClFN3O2/c1-28-17-6-4-16(5-7-17)25-8-10-26(11-9-25)21(27)18-12-14-2-3-15(23)13-19(14)24-20(18)22/h2-7,12-13H,8-11H2,1H3. The molecule has 0 atom stereocenters. The van der Waals surface area contributed by atoms with Gasteiger partial charge in [0.25, 0.3) is 5.91 Å². The van der Waals surface area contributed by atoms with Crippen LogP contribution in [0.15, 0.2) is 48.5 Å². The molecule has 1 fully saturated rings. The fourth-order valence-electron chi connectivity index (χ4n) is 3.40. The maximum absolute atomic E-state index is 13.4. The van der Waals surface area contributed by atoms with E-state index >= 15 is 0 Å². The third-order valence-corrected chi connectivity index (χ3v) is 5.26. The number of hydrogen-bond acceptors (Lipinski definition) is 4. The predicted octanol–water partition coefficient (Wildman–Crippen LogP) is 4.00. The summed E-state index contributed by atoms with van der Waals surface area (Å²) in [6, 6.07) is 13.8. The molecule has 144 valence electrons. The van der Waals surface area contributed by atoms with Crippen molar-refractivity contribution < 1.29 is 13.9 Å². The maximum Gasteiger partial charge on any atom is 0.257 e. The van der Waals surface area contributed by atoms with E-state index in [1.165, 1.54) is 12.1 Å². The van der Waals surface area contributed by atoms with Crippen LogP contribution in [0.5, 0.6) is 5.75 Å². The number of methoxy groups -OCH3 is 1. The number of aromatic nitrogens is 1. The number of carbonyl (C=O) groups excluding carboxylic acids is 1. The van der Waals surface area contributed by atoms with Crippen LogP contribution in [0.2, 0.25) is 5.15 Å². The van der Waals surface area contributed by atoms with E-state index in [2.05, 4.69) is 9.88 Å². The molecule has 0 radical (unpaired) electrons. The zero-order valence-electron chi connectivity index (χ0n) is 15.4. The quantitative estimate of drug-likeness (QED) is 0.624. The third-order valence-electron chi connectivity index (χ3n) is 4.97. The number of amides is 1. The second kappa shape index (κ2) is 7.64. The molecule has 0 saturated carbocycles. The Hall–Kier alpha value is -2.86. The Bertz CT molecular complexity index is 1020. The number of pyridine rings is 1. The molecule has 0 unspecified atom stereocenters. The highest BCUT2D eigenvalue weighted by Crippen LogP contribution is 2.24. The van der Waals surface area contributed by atoms with Crippen LogP contribution in [0.25, 0.3) is 10.9 Å². The fraction of sp³-hybridized carbons (Fsp3) is 0.238. The lowest BCUT2D eigenvalue weighted by Gasteiger charge is -2.36. The number of rotatable bonds is 3. The molecule has 1 saturated heterocycles. The minimum Gasteiger partial charge on any atom is -0.497 e. The van der Waals surface area contributed by atoms with Crippen molar-refractivity contribution >= 4 is 34.1 Å². The molecule has 1 aliphatic heterocycles.